The van der Waals surface area contributed by atoms with Gasteiger partial charge in [-0.15, -0.1) is 0 Å². The third kappa shape index (κ3) is 7.33. The monoisotopic (exact) mass is 289 g/mol. The molecule has 0 aliphatic heterocycles. The zero-order chi connectivity index (χ0) is 15.7. The van der Waals surface area contributed by atoms with Crippen LogP contribution in [0, 0.1) is 5.92 Å². The summed E-state index contributed by atoms with van der Waals surface area (Å²) in [6.45, 7) is 12.8. The van der Waals surface area contributed by atoms with Crippen LogP contribution in [0.3, 0.4) is 0 Å². The van der Waals surface area contributed by atoms with Gasteiger partial charge in [0, 0.05) is 12.6 Å². The molecule has 0 aliphatic rings. The van der Waals surface area contributed by atoms with Crippen LogP contribution in [0.15, 0.2) is 29.8 Å². The zero-order valence-electron chi connectivity index (χ0n) is 14.3. The molecule has 1 rings (SSSR count). The Morgan fingerprint density at radius 1 is 1.14 bits per heavy atom. The maximum absolute atomic E-state index is 5.70. The van der Waals surface area contributed by atoms with Gasteiger partial charge in [0.1, 0.15) is 5.75 Å². The molecule has 0 aliphatic carbocycles. The summed E-state index contributed by atoms with van der Waals surface area (Å²) in [4.78, 5) is 0. The second-order valence-corrected chi connectivity index (χ2v) is 6.18. The van der Waals surface area contributed by atoms with Crippen molar-refractivity contribution in [3.63, 3.8) is 0 Å². The summed E-state index contributed by atoms with van der Waals surface area (Å²) in [6, 6.07) is 8.92. The number of ether oxygens (including phenoxy) is 1. The summed E-state index contributed by atoms with van der Waals surface area (Å²) in [7, 11) is 0. The van der Waals surface area contributed by atoms with E-state index >= 15 is 0 Å². The van der Waals surface area contributed by atoms with Crippen LogP contribution in [0.2, 0.25) is 0 Å². The first-order chi connectivity index (χ1) is 10.0. The van der Waals surface area contributed by atoms with Gasteiger partial charge in [0.2, 0.25) is 0 Å². The molecule has 118 valence electrons. The van der Waals surface area contributed by atoms with Crippen molar-refractivity contribution in [2.24, 2.45) is 5.92 Å². The standard InChI is InChI=1S/C19H31NO/c1-6-7-12-21-19-10-8-17(9-11-19)13-18(15(2)3)14-20-16(4)5/h8-11,13,15-16,20H,6-7,12,14H2,1-5H3. The topological polar surface area (TPSA) is 21.3 Å². The highest BCUT2D eigenvalue weighted by atomic mass is 16.5. The van der Waals surface area contributed by atoms with E-state index in [4.69, 9.17) is 4.74 Å². The normalized spacial score (nSPS) is 12.2. The Balaban J connectivity index is 2.67. The predicted molar refractivity (Wildman–Crippen MR) is 92.8 cm³/mol. The summed E-state index contributed by atoms with van der Waals surface area (Å²) in [5.74, 6) is 1.52. The molecule has 1 aromatic carbocycles. The van der Waals surface area contributed by atoms with Gasteiger partial charge in [-0.1, -0.05) is 64.8 Å². The lowest BCUT2D eigenvalue weighted by Crippen LogP contribution is -2.26. The van der Waals surface area contributed by atoms with Crippen molar-refractivity contribution in [3.8, 4) is 5.75 Å². The highest BCUT2D eigenvalue weighted by molar-refractivity contribution is 5.54. The minimum Gasteiger partial charge on any atom is -0.494 e. The Labute approximate surface area is 130 Å². The lowest BCUT2D eigenvalue weighted by molar-refractivity contribution is 0.309. The molecular formula is C19H31NO. The predicted octanol–water partition coefficient (Wildman–Crippen LogP) is 4.90. The molecule has 1 aromatic rings. The fourth-order valence-electron chi connectivity index (χ4n) is 1.95. The average Bonchev–Trinajstić information content (AvgIpc) is 2.44. The third-order valence-corrected chi connectivity index (χ3v) is 3.45. The quantitative estimate of drug-likeness (QED) is 0.653. The average molecular weight is 289 g/mol. The van der Waals surface area contributed by atoms with E-state index in [2.05, 4.69) is 70.3 Å². The highest BCUT2D eigenvalue weighted by Crippen LogP contribution is 2.18. The van der Waals surface area contributed by atoms with Crippen LogP contribution in [0.4, 0.5) is 0 Å². The molecule has 2 heteroatoms. The van der Waals surface area contributed by atoms with Gasteiger partial charge in [-0.2, -0.15) is 0 Å². The molecule has 0 spiro atoms. The molecule has 0 fully saturated rings. The molecule has 1 N–H and O–H groups in total. The maximum Gasteiger partial charge on any atom is 0.119 e. The van der Waals surface area contributed by atoms with E-state index in [1.54, 1.807) is 0 Å². The Hall–Kier alpha value is -1.28. The Morgan fingerprint density at radius 2 is 1.81 bits per heavy atom. The van der Waals surface area contributed by atoms with Gasteiger partial charge >= 0.3 is 0 Å². The smallest absolute Gasteiger partial charge is 0.119 e. The molecule has 0 saturated carbocycles. The number of nitrogens with one attached hydrogen (secondary N) is 1. The van der Waals surface area contributed by atoms with Crippen molar-refractivity contribution in [3.05, 3.63) is 35.4 Å². The van der Waals surface area contributed by atoms with Gasteiger partial charge in [-0.25, -0.2) is 0 Å². The fourth-order valence-corrected chi connectivity index (χ4v) is 1.95. The summed E-state index contributed by atoms with van der Waals surface area (Å²) in [5.41, 5.74) is 2.68. The SMILES string of the molecule is CCCCOc1ccc(C=C(CNC(C)C)C(C)C)cc1. The number of hydrogen-bond acceptors (Lipinski definition) is 2. The van der Waals surface area contributed by atoms with Crippen LogP contribution < -0.4 is 10.1 Å². The summed E-state index contributed by atoms with van der Waals surface area (Å²) >= 11 is 0. The van der Waals surface area contributed by atoms with Crippen molar-refractivity contribution in [2.45, 2.75) is 53.5 Å². The fraction of sp³-hybridized carbons (Fsp3) is 0.579. The van der Waals surface area contributed by atoms with E-state index in [0.717, 1.165) is 25.3 Å². The molecule has 0 radical (unpaired) electrons. The molecule has 0 aromatic heterocycles. The zero-order valence-corrected chi connectivity index (χ0v) is 14.3. The van der Waals surface area contributed by atoms with Crippen molar-refractivity contribution in [1.29, 1.82) is 0 Å². The van der Waals surface area contributed by atoms with Gasteiger partial charge in [0.15, 0.2) is 0 Å². The first kappa shape index (κ1) is 17.8. The van der Waals surface area contributed by atoms with Crippen molar-refractivity contribution < 1.29 is 4.74 Å². The minimum atomic E-state index is 0.515. The lowest BCUT2D eigenvalue weighted by Gasteiger charge is -2.15. The van der Waals surface area contributed by atoms with Crippen molar-refractivity contribution in [2.75, 3.05) is 13.2 Å². The molecule has 21 heavy (non-hydrogen) atoms. The molecule has 0 unspecified atom stereocenters. The van der Waals surface area contributed by atoms with Crippen LogP contribution in [0.1, 0.15) is 53.0 Å². The van der Waals surface area contributed by atoms with E-state index in [0.29, 0.717) is 12.0 Å². The van der Waals surface area contributed by atoms with Gasteiger partial charge in [-0.05, 0) is 30.0 Å². The number of unbranched alkanes of at least 4 members (excludes halogenated alkanes) is 1. The molecule has 0 atom stereocenters. The number of hydrogen-bond donors (Lipinski definition) is 1. The molecule has 0 bridgehead atoms. The number of benzene rings is 1. The molecule has 0 heterocycles. The van der Waals surface area contributed by atoms with Gasteiger partial charge in [0.25, 0.3) is 0 Å². The second kappa shape index (κ2) is 9.62. The summed E-state index contributed by atoms with van der Waals surface area (Å²) < 4.78 is 5.70. The first-order valence-electron chi connectivity index (χ1n) is 8.19. The van der Waals surface area contributed by atoms with Crippen LogP contribution in [-0.4, -0.2) is 19.2 Å². The van der Waals surface area contributed by atoms with Crippen LogP contribution in [-0.2, 0) is 0 Å². The lowest BCUT2D eigenvalue weighted by atomic mass is 10.00. The Kier molecular flexibility index (Phi) is 8.14. The van der Waals surface area contributed by atoms with E-state index in [1.165, 1.54) is 17.6 Å². The van der Waals surface area contributed by atoms with Crippen molar-refractivity contribution >= 4 is 6.08 Å². The first-order valence-corrected chi connectivity index (χ1v) is 8.19. The largest absolute Gasteiger partial charge is 0.494 e. The summed E-state index contributed by atoms with van der Waals surface area (Å²) in [5, 5.41) is 3.50. The highest BCUT2D eigenvalue weighted by Gasteiger charge is 2.04. The van der Waals surface area contributed by atoms with Crippen LogP contribution in [0.5, 0.6) is 5.75 Å². The Bertz CT molecular complexity index is 418. The van der Waals surface area contributed by atoms with E-state index in [1.807, 2.05) is 0 Å². The Morgan fingerprint density at radius 3 is 2.33 bits per heavy atom. The second-order valence-electron chi connectivity index (χ2n) is 6.18. The molecule has 0 saturated heterocycles. The van der Waals surface area contributed by atoms with Crippen molar-refractivity contribution in [1.82, 2.24) is 5.32 Å². The van der Waals surface area contributed by atoms with Gasteiger partial charge in [-0.3, -0.25) is 0 Å². The maximum atomic E-state index is 5.70. The third-order valence-electron chi connectivity index (χ3n) is 3.45. The van der Waals surface area contributed by atoms with Crippen LogP contribution in [0.25, 0.3) is 6.08 Å². The number of rotatable bonds is 9. The minimum absolute atomic E-state index is 0.515. The summed E-state index contributed by atoms with van der Waals surface area (Å²) in [6.07, 6.45) is 4.57. The van der Waals surface area contributed by atoms with Crippen LogP contribution >= 0.6 is 0 Å². The van der Waals surface area contributed by atoms with E-state index in [-0.39, 0.29) is 0 Å². The molecular weight excluding hydrogens is 258 g/mol. The molecule has 2 nitrogen and oxygen atoms in total. The molecule has 0 amide bonds. The van der Waals surface area contributed by atoms with Gasteiger partial charge < -0.3 is 10.1 Å². The van der Waals surface area contributed by atoms with E-state index < -0.39 is 0 Å². The van der Waals surface area contributed by atoms with Gasteiger partial charge in [0.05, 0.1) is 6.61 Å². The van der Waals surface area contributed by atoms with E-state index in [9.17, 15) is 0 Å².